The first-order chi connectivity index (χ1) is 16.4. The Morgan fingerprint density at radius 2 is 1.12 bits per heavy atom. The average Bonchev–Trinajstić information content (AvgIpc) is 2.85. The molecular weight excluding hydrogens is 432 g/mol. The van der Waals surface area contributed by atoms with E-state index in [9.17, 15) is 19.8 Å². The number of carbonyl (C=O) groups excluding carboxylic acids is 2. The van der Waals surface area contributed by atoms with Crippen LogP contribution in [-0.4, -0.2) is 33.5 Å². The highest BCUT2D eigenvalue weighted by atomic mass is 16.5. The summed E-state index contributed by atoms with van der Waals surface area (Å²) in [6.07, 6.45) is 0. The molecule has 172 valence electrons. The van der Waals surface area contributed by atoms with Crippen molar-refractivity contribution in [2.24, 2.45) is 0 Å². The number of ketones is 2. The van der Waals surface area contributed by atoms with Gasteiger partial charge in [-0.3, -0.25) is 9.59 Å². The molecule has 6 nitrogen and oxygen atoms in total. The van der Waals surface area contributed by atoms with Crippen molar-refractivity contribution >= 4 is 11.6 Å². The van der Waals surface area contributed by atoms with E-state index >= 15 is 0 Å². The number of phenols is 3. The Kier molecular flexibility index (Phi) is 8.02. The average molecular weight is 456 g/mol. The predicted molar refractivity (Wildman–Crippen MR) is 129 cm³/mol. The van der Waals surface area contributed by atoms with Gasteiger partial charge < -0.3 is 20.1 Å². The monoisotopic (exact) mass is 456 g/mol. The van der Waals surface area contributed by atoms with Crippen molar-refractivity contribution in [3.05, 3.63) is 119 Å². The van der Waals surface area contributed by atoms with E-state index in [4.69, 9.17) is 9.84 Å². The maximum absolute atomic E-state index is 12.1. The van der Waals surface area contributed by atoms with Gasteiger partial charge in [0.1, 0.15) is 23.0 Å². The van der Waals surface area contributed by atoms with Gasteiger partial charge in [-0.15, -0.1) is 0 Å². The first-order valence-corrected chi connectivity index (χ1v) is 10.6. The molecule has 0 atom stereocenters. The summed E-state index contributed by atoms with van der Waals surface area (Å²) >= 11 is 0. The van der Waals surface area contributed by atoms with Gasteiger partial charge in [0.2, 0.25) is 0 Å². The summed E-state index contributed by atoms with van der Waals surface area (Å²) in [5.41, 5.74) is 1.52. The number of phenolic OH excluding ortho intramolecular Hbond substituents is 3. The summed E-state index contributed by atoms with van der Waals surface area (Å²) in [6, 6.07) is 26.2. The standard InChI is InChI=1S/C15H14O3.C13H10O3/c1-2-18-12-8-9-13(14(16)10-12)15(17)11-6-4-3-5-7-11;14-10-6-7-11(12(15)8-10)13(16)9-4-2-1-3-5-9/h3-10,16H,2H2,1H3;1-8,14-15H. The number of rotatable bonds is 6. The highest BCUT2D eigenvalue weighted by Crippen LogP contribution is 2.26. The van der Waals surface area contributed by atoms with Crippen molar-refractivity contribution in [2.75, 3.05) is 6.61 Å². The lowest BCUT2D eigenvalue weighted by atomic mass is 10.0. The van der Waals surface area contributed by atoms with E-state index in [0.717, 1.165) is 6.07 Å². The maximum Gasteiger partial charge on any atom is 0.196 e. The van der Waals surface area contributed by atoms with Crippen LogP contribution in [0.4, 0.5) is 0 Å². The zero-order chi connectivity index (χ0) is 24.5. The molecule has 4 aromatic rings. The fourth-order valence-electron chi connectivity index (χ4n) is 3.16. The van der Waals surface area contributed by atoms with Crippen LogP contribution in [0.2, 0.25) is 0 Å². The zero-order valence-corrected chi connectivity index (χ0v) is 18.5. The molecular formula is C28H24O6. The van der Waals surface area contributed by atoms with E-state index in [0.29, 0.717) is 23.5 Å². The van der Waals surface area contributed by atoms with Crippen molar-refractivity contribution in [3.63, 3.8) is 0 Å². The van der Waals surface area contributed by atoms with Crippen LogP contribution >= 0.6 is 0 Å². The predicted octanol–water partition coefficient (Wildman–Crippen LogP) is 5.35. The van der Waals surface area contributed by atoms with E-state index in [2.05, 4.69) is 0 Å². The summed E-state index contributed by atoms with van der Waals surface area (Å²) < 4.78 is 5.26. The van der Waals surface area contributed by atoms with Crippen LogP contribution in [0.3, 0.4) is 0 Å². The summed E-state index contributed by atoms with van der Waals surface area (Å²) in [4.78, 5) is 24.1. The molecule has 0 heterocycles. The Morgan fingerprint density at radius 1 is 0.647 bits per heavy atom. The van der Waals surface area contributed by atoms with Crippen LogP contribution in [0, 0.1) is 0 Å². The van der Waals surface area contributed by atoms with Crippen molar-refractivity contribution in [2.45, 2.75) is 6.92 Å². The first-order valence-electron chi connectivity index (χ1n) is 10.6. The fourth-order valence-corrected chi connectivity index (χ4v) is 3.16. The van der Waals surface area contributed by atoms with Gasteiger partial charge in [0.05, 0.1) is 17.7 Å². The Labute approximate surface area is 197 Å². The Balaban J connectivity index is 0.000000192. The molecule has 0 saturated carbocycles. The third-order valence-corrected chi connectivity index (χ3v) is 4.82. The van der Waals surface area contributed by atoms with E-state index in [1.807, 2.05) is 19.1 Å². The molecule has 3 N–H and O–H groups in total. The topological polar surface area (TPSA) is 104 Å². The number of hydrogen-bond acceptors (Lipinski definition) is 6. The van der Waals surface area contributed by atoms with Crippen LogP contribution < -0.4 is 4.74 Å². The smallest absolute Gasteiger partial charge is 0.196 e. The summed E-state index contributed by atoms with van der Waals surface area (Å²) in [6.45, 7) is 2.38. The molecule has 0 aromatic heterocycles. The zero-order valence-electron chi connectivity index (χ0n) is 18.5. The van der Waals surface area contributed by atoms with Crippen LogP contribution in [-0.2, 0) is 0 Å². The van der Waals surface area contributed by atoms with E-state index in [1.165, 1.54) is 18.2 Å². The first kappa shape index (κ1) is 24.1. The number of ether oxygens (including phenoxy) is 1. The minimum Gasteiger partial charge on any atom is -0.508 e. The van der Waals surface area contributed by atoms with E-state index < -0.39 is 0 Å². The second kappa shape index (κ2) is 11.3. The van der Waals surface area contributed by atoms with Gasteiger partial charge in [-0.25, -0.2) is 0 Å². The molecule has 0 bridgehead atoms. The quantitative estimate of drug-likeness (QED) is 0.338. The van der Waals surface area contributed by atoms with Crippen molar-refractivity contribution in [1.82, 2.24) is 0 Å². The van der Waals surface area contributed by atoms with Gasteiger partial charge in [0.25, 0.3) is 0 Å². The molecule has 4 rings (SSSR count). The lowest BCUT2D eigenvalue weighted by Crippen LogP contribution is -2.01. The van der Waals surface area contributed by atoms with Gasteiger partial charge in [-0.05, 0) is 31.2 Å². The van der Waals surface area contributed by atoms with Gasteiger partial charge in [0, 0.05) is 23.3 Å². The summed E-state index contributed by atoms with van der Waals surface area (Å²) in [7, 11) is 0. The summed E-state index contributed by atoms with van der Waals surface area (Å²) in [5.74, 6) is -0.250. The molecule has 0 aliphatic heterocycles. The molecule has 0 unspecified atom stereocenters. The Hall–Kier alpha value is -4.58. The van der Waals surface area contributed by atoms with Crippen molar-refractivity contribution in [3.8, 4) is 23.0 Å². The third-order valence-electron chi connectivity index (χ3n) is 4.82. The number of hydrogen-bond donors (Lipinski definition) is 3. The molecule has 0 aliphatic rings. The minimum absolute atomic E-state index is 0.0604. The Morgan fingerprint density at radius 3 is 1.56 bits per heavy atom. The maximum atomic E-state index is 12.1. The number of aromatic hydroxyl groups is 3. The van der Waals surface area contributed by atoms with Gasteiger partial charge in [0.15, 0.2) is 11.6 Å². The molecule has 34 heavy (non-hydrogen) atoms. The fraction of sp³-hybridized carbons (Fsp3) is 0.0714. The molecule has 0 saturated heterocycles. The molecule has 0 radical (unpaired) electrons. The molecule has 6 heteroatoms. The minimum atomic E-state index is -0.266. The molecule has 0 fully saturated rings. The second-order valence-electron chi connectivity index (χ2n) is 7.20. The van der Waals surface area contributed by atoms with E-state index in [-0.39, 0.29) is 39.9 Å². The highest BCUT2D eigenvalue weighted by molar-refractivity contribution is 6.11. The van der Waals surface area contributed by atoms with Crippen LogP contribution in [0.25, 0.3) is 0 Å². The second-order valence-corrected chi connectivity index (χ2v) is 7.20. The van der Waals surface area contributed by atoms with Crippen molar-refractivity contribution in [1.29, 1.82) is 0 Å². The van der Waals surface area contributed by atoms with Crippen LogP contribution in [0.15, 0.2) is 97.1 Å². The van der Waals surface area contributed by atoms with Gasteiger partial charge >= 0.3 is 0 Å². The number of carbonyl (C=O) groups is 2. The van der Waals surface area contributed by atoms with Crippen molar-refractivity contribution < 1.29 is 29.6 Å². The normalized spacial score (nSPS) is 10.0. The third kappa shape index (κ3) is 6.01. The molecule has 4 aromatic carbocycles. The van der Waals surface area contributed by atoms with Gasteiger partial charge in [-0.2, -0.15) is 0 Å². The SMILES string of the molecule is CCOc1ccc(C(=O)c2ccccc2)c(O)c1.O=C(c1ccccc1)c1ccc(O)cc1O. The summed E-state index contributed by atoms with van der Waals surface area (Å²) in [5, 5.41) is 28.5. The molecule has 0 aliphatic carbocycles. The Bertz CT molecular complexity index is 1270. The largest absolute Gasteiger partial charge is 0.508 e. The van der Waals surface area contributed by atoms with Crippen LogP contribution in [0.5, 0.6) is 23.0 Å². The lowest BCUT2D eigenvalue weighted by Gasteiger charge is -2.07. The number of benzene rings is 4. The van der Waals surface area contributed by atoms with E-state index in [1.54, 1.807) is 60.7 Å². The molecule has 0 amide bonds. The highest BCUT2D eigenvalue weighted by Gasteiger charge is 2.14. The molecule has 0 spiro atoms. The lowest BCUT2D eigenvalue weighted by molar-refractivity contribution is 0.102. The van der Waals surface area contributed by atoms with Crippen LogP contribution in [0.1, 0.15) is 38.8 Å². The van der Waals surface area contributed by atoms with Gasteiger partial charge in [-0.1, -0.05) is 60.7 Å².